The number of piperazine rings is 1. The van der Waals surface area contributed by atoms with Gasteiger partial charge in [0.1, 0.15) is 5.52 Å². The first-order valence-corrected chi connectivity index (χ1v) is 12.7. The molecule has 0 radical (unpaired) electrons. The Labute approximate surface area is 191 Å². The van der Waals surface area contributed by atoms with E-state index in [9.17, 15) is 13.2 Å². The Bertz CT molecular complexity index is 1200. The minimum atomic E-state index is -3.46. The van der Waals surface area contributed by atoms with Gasteiger partial charge >= 0.3 is 0 Å². The van der Waals surface area contributed by atoms with Crippen LogP contribution in [0.4, 0.5) is 5.13 Å². The van der Waals surface area contributed by atoms with E-state index in [1.807, 2.05) is 12.1 Å². The van der Waals surface area contributed by atoms with Gasteiger partial charge in [0.15, 0.2) is 26.5 Å². The van der Waals surface area contributed by atoms with E-state index in [2.05, 4.69) is 4.90 Å². The number of hydrogen-bond donors (Lipinski definition) is 0. The lowest BCUT2D eigenvalue weighted by molar-refractivity contribution is -0.131. The highest BCUT2D eigenvalue weighted by atomic mass is 32.2. The van der Waals surface area contributed by atoms with E-state index < -0.39 is 9.84 Å². The van der Waals surface area contributed by atoms with E-state index in [-0.39, 0.29) is 23.0 Å². The number of ether oxygens (including phenoxy) is 2. The number of anilines is 1. The predicted octanol–water partition coefficient (Wildman–Crippen LogP) is 2.83. The fourth-order valence-electron chi connectivity index (χ4n) is 3.71. The fraction of sp³-hybridized carbons (Fsp3) is 0.364. The maximum atomic E-state index is 12.6. The Kier molecular flexibility index (Phi) is 6.52. The molecule has 0 unspecified atom stereocenters. The van der Waals surface area contributed by atoms with E-state index in [4.69, 9.17) is 14.5 Å². The van der Waals surface area contributed by atoms with Crippen molar-refractivity contribution in [3.63, 3.8) is 0 Å². The highest BCUT2D eigenvalue weighted by molar-refractivity contribution is 7.91. The van der Waals surface area contributed by atoms with Gasteiger partial charge in [-0.05, 0) is 24.3 Å². The number of nitrogens with zero attached hydrogens (tertiary/aromatic N) is 3. The van der Waals surface area contributed by atoms with Crippen LogP contribution in [-0.4, -0.2) is 70.4 Å². The van der Waals surface area contributed by atoms with E-state index >= 15 is 0 Å². The minimum Gasteiger partial charge on any atom is -0.493 e. The van der Waals surface area contributed by atoms with Gasteiger partial charge in [-0.3, -0.25) is 4.79 Å². The first-order valence-electron chi connectivity index (χ1n) is 10.2. The van der Waals surface area contributed by atoms with Crippen LogP contribution in [0.15, 0.2) is 47.4 Å². The minimum absolute atomic E-state index is 0.0185. The number of methoxy groups -OCH3 is 2. The molecule has 4 rings (SSSR count). The molecule has 1 saturated heterocycles. The van der Waals surface area contributed by atoms with Crippen molar-refractivity contribution >= 4 is 42.4 Å². The summed E-state index contributed by atoms with van der Waals surface area (Å²) in [6.45, 7) is 2.33. The number of hydrogen-bond acceptors (Lipinski definition) is 8. The second-order valence-electron chi connectivity index (χ2n) is 7.39. The van der Waals surface area contributed by atoms with Gasteiger partial charge in [0.2, 0.25) is 5.91 Å². The summed E-state index contributed by atoms with van der Waals surface area (Å²) in [7, 11) is -0.272. The summed E-state index contributed by atoms with van der Waals surface area (Å²) in [4.78, 5) is 21.5. The fourth-order valence-corrected chi connectivity index (χ4v) is 5.97. The number of carbonyl (C=O) groups is 1. The van der Waals surface area contributed by atoms with Crippen molar-refractivity contribution in [2.45, 2.75) is 11.3 Å². The first-order chi connectivity index (χ1) is 15.4. The summed E-state index contributed by atoms with van der Waals surface area (Å²) in [5, 5.41) is 0.866. The summed E-state index contributed by atoms with van der Waals surface area (Å²) in [5.41, 5.74) is 0.761. The van der Waals surface area contributed by atoms with Gasteiger partial charge in [0.05, 0.1) is 29.6 Å². The SMILES string of the molecule is COc1ccc2sc(N3CCN(C(=O)CCS(=O)(=O)c4ccccc4)CC3)nc2c1OC. The van der Waals surface area contributed by atoms with E-state index in [1.165, 1.54) is 0 Å². The van der Waals surface area contributed by atoms with Crippen LogP contribution in [0.1, 0.15) is 6.42 Å². The number of thiazole rings is 1. The second-order valence-corrected chi connectivity index (χ2v) is 10.5. The molecular formula is C22H25N3O5S2. The van der Waals surface area contributed by atoms with Crippen molar-refractivity contribution in [3.8, 4) is 11.5 Å². The van der Waals surface area contributed by atoms with Crippen LogP contribution >= 0.6 is 11.3 Å². The van der Waals surface area contributed by atoms with Gasteiger partial charge in [0.25, 0.3) is 0 Å². The van der Waals surface area contributed by atoms with Crippen molar-refractivity contribution in [2.24, 2.45) is 0 Å². The molecule has 32 heavy (non-hydrogen) atoms. The quantitative estimate of drug-likeness (QED) is 0.519. The van der Waals surface area contributed by atoms with Crippen LogP contribution in [0.3, 0.4) is 0 Å². The van der Waals surface area contributed by atoms with Crippen LogP contribution < -0.4 is 14.4 Å². The standard InChI is InChI=1S/C22H25N3O5S2/c1-29-17-8-9-18-20(21(17)30-2)23-22(31-18)25-13-11-24(12-14-25)19(26)10-15-32(27,28)16-6-4-3-5-7-16/h3-9H,10-15H2,1-2H3. The van der Waals surface area contributed by atoms with Gasteiger partial charge < -0.3 is 19.3 Å². The Morgan fingerprint density at radius 2 is 1.75 bits per heavy atom. The summed E-state index contributed by atoms with van der Waals surface area (Å²) in [6.07, 6.45) is -0.0185. The third-order valence-electron chi connectivity index (χ3n) is 5.48. The molecule has 1 aliphatic heterocycles. The predicted molar refractivity (Wildman–Crippen MR) is 125 cm³/mol. The average molecular weight is 476 g/mol. The molecule has 1 aromatic heterocycles. The third-order valence-corrected chi connectivity index (χ3v) is 8.29. The number of aromatic nitrogens is 1. The molecule has 0 N–H and O–H groups in total. The summed E-state index contributed by atoms with van der Waals surface area (Å²) in [6, 6.07) is 12.1. The normalized spacial score (nSPS) is 14.6. The Morgan fingerprint density at radius 1 is 1.03 bits per heavy atom. The molecule has 3 aromatic rings. The monoisotopic (exact) mass is 475 g/mol. The molecule has 2 aromatic carbocycles. The maximum absolute atomic E-state index is 12.6. The van der Waals surface area contributed by atoms with Crippen molar-refractivity contribution in [3.05, 3.63) is 42.5 Å². The molecule has 1 fully saturated rings. The topological polar surface area (TPSA) is 89.0 Å². The number of carbonyl (C=O) groups excluding carboxylic acids is 1. The Hall–Kier alpha value is -2.85. The molecule has 0 aliphatic carbocycles. The smallest absolute Gasteiger partial charge is 0.223 e. The van der Waals surface area contributed by atoms with Gasteiger partial charge in [-0.25, -0.2) is 13.4 Å². The highest BCUT2D eigenvalue weighted by Gasteiger charge is 2.25. The lowest BCUT2D eigenvalue weighted by Crippen LogP contribution is -2.49. The third kappa shape index (κ3) is 4.51. The molecular weight excluding hydrogens is 450 g/mol. The molecule has 0 saturated carbocycles. The molecule has 2 heterocycles. The molecule has 1 aliphatic rings. The van der Waals surface area contributed by atoms with Gasteiger partial charge in [-0.2, -0.15) is 0 Å². The van der Waals surface area contributed by atoms with Crippen molar-refractivity contribution in [2.75, 3.05) is 51.1 Å². The Balaban J connectivity index is 1.37. The zero-order valence-corrected chi connectivity index (χ0v) is 19.6. The number of amides is 1. The molecule has 0 spiro atoms. The molecule has 170 valence electrons. The maximum Gasteiger partial charge on any atom is 0.223 e. The van der Waals surface area contributed by atoms with Crippen LogP contribution in [0.5, 0.6) is 11.5 Å². The Morgan fingerprint density at radius 3 is 2.41 bits per heavy atom. The zero-order valence-electron chi connectivity index (χ0n) is 18.0. The van der Waals surface area contributed by atoms with Crippen molar-refractivity contribution < 1.29 is 22.7 Å². The van der Waals surface area contributed by atoms with Gasteiger partial charge in [-0.1, -0.05) is 29.5 Å². The van der Waals surface area contributed by atoms with Crippen LogP contribution in [0, 0.1) is 0 Å². The highest BCUT2D eigenvalue weighted by Crippen LogP contribution is 2.40. The lowest BCUT2D eigenvalue weighted by Gasteiger charge is -2.34. The van der Waals surface area contributed by atoms with E-state index in [1.54, 1.807) is 60.8 Å². The number of fused-ring (bicyclic) bond motifs is 1. The van der Waals surface area contributed by atoms with Crippen LogP contribution in [0.25, 0.3) is 10.2 Å². The molecule has 0 atom stereocenters. The van der Waals surface area contributed by atoms with Gasteiger partial charge in [0, 0.05) is 32.6 Å². The number of sulfone groups is 1. The average Bonchev–Trinajstić information content (AvgIpc) is 3.27. The molecule has 8 nitrogen and oxygen atoms in total. The first kappa shape index (κ1) is 22.3. The summed E-state index contributed by atoms with van der Waals surface area (Å²) >= 11 is 1.57. The molecule has 10 heteroatoms. The lowest BCUT2D eigenvalue weighted by atomic mass is 10.3. The second kappa shape index (κ2) is 9.33. The van der Waals surface area contributed by atoms with E-state index in [0.717, 1.165) is 15.3 Å². The molecule has 1 amide bonds. The summed E-state index contributed by atoms with van der Waals surface area (Å²) in [5.74, 6) is 0.925. The summed E-state index contributed by atoms with van der Waals surface area (Å²) < 4.78 is 36.7. The molecule has 0 bridgehead atoms. The zero-order chi connectivity index (χ0) is 22.7. The van der Waals surface area contributed by atoms with Crippen molar-refractivity contribution in [1.29, 1.82) is 0 Å². The van der Waals surface area contributed by atoms with Crippen LogP contribution in [-0.2, 0) is 14.6 Å². The largest absolute Gasteiger partial charge is 0.493 e. The van der Waals surface area contributed by atoms with E-state index in [0.29, 0.717) is 37.7 Å². The van der Waals surface area contributed by atoms with Crippen LogP contribution in [0.2, 0.25) is 0 Å². The number of rotatable bonds is 7. The van der Waals surface area contributed by atoms with Gasteiger partial charge in [-0.15, -0.1) is 0 Å². The number of benzene rings is 2. The van der Waals surface area contributed by atoms with Crippen molar-refractivity contribution in [1.82, 2.24) is 9.88 Å².